The van der Waals surface area contributed by atoms with Crippen LogP contribution >= 0.6 is 12.4 Å². The molecule has 1 atom stereocenters. The van der Waals surface area contributed by atoms with Gasteiger partial charge in [-0.15, -0.1) is 12.4 Å². The minimum Gasteiger partial charge on any atom is -0.332 e. The van der Waals surface area contributed by atoms with Gasteiger partial charge in [-0.3, -0.25) is 0 Å². The van der Waals surface area contributed by atoms with E-state index >= 15 is 0 Å². The van der Waals surface area contributed by atoms with E-state index in [4.69, 9.17) is 4.52 Å². The van der Waals surface area contributed by atoms with Crippen molar-refractivity contribution in [3.05, 3.63) is 48.2 Å². The second-order valence-electron chi connectivity index (χ2n) is 5.03. The molecule has 0 amide bonds. The van der Waals surface area contributed by atoms with Crippen LogP contribution in [0.5, 0.6) is 0 Å². The Balaban J connectivity index is 0.00000192. The summed E-state index contributed by atoms with van der Waals surface area (Å²) in [7, 11) is 1.88. The Morgan fingerprint density at radius 1 is 1.26 bits per heavy atom. The van der Waals surface area contributed by atoms with Crippen molar-refractivity contribution in [2.24, 2.45) is 0 Å². The largest absolute Gasteiger partial charge is 0.332 e. The Labute approximate surface area is 139 Å². The summed E-state index contributed by atoms with van der Waals surface area (Å²) in [5.74, 6) is 0.726. The number of likely N-dealkylation sites (N-methyl/N-ethyl adjacent to an activating group) is 1. The van der Waals surface area contributed by atoms with Gasteiger partial charge < -0.3 is 9.84 Å². The topological polar surface area (TPSA) is 68.8 Å². The van der Waals surface area contributed by atoms with Crippen LogP contribution in [0.1, 0.15) is 12.7 Å². The Hall–Kier alpha value is -2.25. The molecule has 3 aromatic rings. The van der Waals surface area contributed by atoms with Gasteiger partial charge in [-0.25, -0.2) is 9.07 Å². The molecule has 23 heavy (non-hydrogen) atoms. The highest BCUT2D eigenvalue weighted by Crippen LogP contribution is 2.17. The molecule has 2 heterocycles. The van der Waals surface area contributed by atoms with Gasteiger partial charge in [0.1, 0.15) is 5.82 Å². The first-order valence-corrected chi connectivity index (χ1v) is 6.97. The smallest absolute Gasteiger partial charge is 0.278 e. The molecule has 0 aliphatic rings. The normalized spacial score (nSPS) is 12.0. The lowest BCUT2D eigenvalue weighted by Gasteiger charge is -2.04. The average Bonchev–Trinajstić information content (AvgIpc) is 3.17. The number of halogens is 2. The predicted molar refractivity (Wildman–Crippen MR) is 86.3 cm³/mol. The summed E-state index contributed by atoms with van der Waals surface area (Å²) in [6.45, 7) is 2.04. The molecule has 122 valence electrons. The first kappa shape index (κ1) is 17.1. The number of rotatable bonds is 5. The highest BCUT2D eigenvalue weighted by Gasteiger charge is 2.13. The van der Waals surface area contributed by atoms with E-state index in [9.17, 15) is 4.39 Å². The van der Waals surface area contributed by atoms with Crippen LogP contribution < -0.4 is 5.32 Å². The Bertz CT molecular complexity index is 755. The highest BCUT2D eigenvalue weighted by molar-refractivity contribution is 5.85. The predicted octanol–water partition coefficient (Wildman–Crippen LogP) is 2.63. The van der Waals surface area contributed by atoms with Crippen LogP contribution in [0.25, 0.3) is 17.3 Å². The van der Waals surface area contributed by atoms with E-state index in [-0.39, 0.29) is 24.3 Å². The van der Waals surface area contributed by atoms with Crippen LogP contribution in [-0.4, -0.2) is 33.0 Å². The number of nitrogens with one attached hydrogen (secondary N) is 1. The van der Waals surface area contributed by atoms with E-state index in [1.807, 2.05) is 14.0 Å². The third-order valence-corrected chi connectivity index (χ3v) is 3.35. The summed E-state index contributed by atoms with van der Waals surface area (Å²) in [4.78, 5) is 4.34. The molecular weight excluding hydrogens is 321 g/mol. The molecule has 0 aliphatic carbocycles. The maximum Gasteiger partial charge on any atom is 0.278 e. The molecular formula is C15H17ClFN5O. The fraction of sp³-hybridized carbons (Fsp3) is 0.267. The summed E-state index contributed by atoms with van der Waals surface area (Å²) < 4.78 is 19.8. The van der Waals surface area contributed by atoms with Gasteiger partial charge in [0.25, 0.3) is 5.89 Å². The van der Waals surface area contributed by atoms with Crippen molar-refractivity contribution in [3.8, 4) is 17.3 Å². The maximum atomic E-state index is 12.9. The third-order valence-electron chi connectivity index (χ3n) is 3.35. The zero-order valence-electron chi connectivity index (χ0n) is 12.7. The molecule has 0 bridgehead atoms. The number of aromatic nitrogens is 4. The van der Waals surface area contributed by atoms with Crippen LogP contribution in [0, 0.1) is 5.82 Å². The van der Waals surface area contributed by atoms with Gasteiger partial charge in [-0.05, 0) is 44.3 Å². The van der Waals surface area contributed by atoms with E-state index in [2.05, 4.69) is 20.6 Å². The van der Waals surface area contributed by atoms with Gasteiger partial charge in [0.05, 0.1) is 5.69 Å². The fourth-order valence-electron chi connectivity index (χ4n) is 1.99. The van der Waals surface area contributed by atoms with Gasteiger partial charge in [0.2, 0.25) is 0 Å². The lowest BCUT2D eigenvalue weighted by molar-refractivity contribution is 0.417. The lowest BCUT2D eigenvalue weighted by Crippen LogP contribution is -2.24. The van der Waals surface area contributed by atoms with Gasteiger partial charge in [-0.1, -0.05) is 5.16 Å². The maximum absolute atomic E-state index is 12.9. The lowest BCUT2D eigenvalue weighted by atomic mass is 10.2. The molecule has 0 radical (unpaired) electrons. The van der Waals surface area contributed by atoms with Gasteiger partial charge >= 0.3 is 0 Å². The Kier molecular flexibility index (Phi) is 5.46. The van der Waals surface area contributed by atoms with E-state index in [1.54, 1.807) is 29.1 Å². The van der Waals surface area contributed by atoms with Gasteiger partial charge in [-0.2, -0.15) is 10.1 Å². The SMILES string of the molecule is CNC(C)Cc1noc(-c2ccn(-c3ccc(F)cc3)n2)n1.Cl. The van der Waals surface area contributed by atoms with Crippen molar-refractivity contribution in [1.82, 2.24) is 25.2 Å². The van der Waals surface area contributed by atoms with Crippen LogP contribution in [0.3, 0.4) is 0 Å². The Morgan fingerprint density at radius 2 is 2.00 bits per heavy atom. The second kappa shape index (κ2) is 7.34. The number of hydrogen-bond donors (Lipinski definition) is 1. The Morgan fingerprint density at radius 3 is 2.70 bits per heavy atom. The molecule has 1 unspecified atom stereocenters. The van der Waals surface area contributed by atoms with Crippen molar-refractivity contribution in [3.63, 3.8) is 0 Å². The highest BCUT2D eigenvalue weighted by atomic mass is 35.5. The monoisotopic (exact) mass is 337 g/mol. The van der Waals surface area contributed by atoms with Crippen LogP contribution in [0.2, 0.25) is 0 Å². The standard InChI is InChI=1S/C15H16FN5O.ClH/c1-10(17-2)9-14-18-15(22-20-14)13-7-8-21(19-13)12-5-3-11(16)4-6-12;/h3-8,10,17H,9H2,1-2H3;1H. The quantitative estimate of drug-likeness (QED) is 0.775. The van der Waals surface area contributed by atoms with Crippen LogP contribution in [-0.2, 0) is 6.42 Å². The summed E-state index contributed by atoms with van der Waals surface area (Å²) in [6, 6.07) is 8.13. The van der Waals surface area contributed by atoms with E-state index in [0.717, 1.165) is 5.69 Å². The number of benzene rings is 1. The summed E-state index contributed by atoms with van der Waals surface area (Å²) in [6.07, 6.45) is 2.45. The summed E-state index contributed by atoms with van der Waals surface area (Å²) in [5.41, 5.74) is 1.34. The summed E-state index contributed by atoms with van der Waals surface area (Å²) in [5, 5.41) is 11.4. The minimum atomic E-state index is -0.281. The minimum absolute atomic E-state index is 0. The molecule has 0 aliphatic heterocycles. The van der Waals surface area contributed by atoms with E-state index in [1.165, 1.54) is 12.1 Å². The van der Waals surface area contributed by atoms with Crippen molar-refractivity contribution in [1.29, 1.82) is 0 Å². The van der Waals surface area contributed by atoms with Crippen LogP contribution in [0.15, 0.2) is 41.1 Å². The van der Waals surface area contributed by atoms with Gasteiger partial charge in [0, 0.05) is 18.7 Å². The number of nitrogens with zero attached hydrogens (tertiary/aromatic N) is 4. The zero-order chi connectivity index (χ0) is 15.5. The zero-order valence-corrected chi connectivity index (χ0v) is 13.5. The molecule has 1 aromatic carbocycles. The van der Waals surface area contributed by atoms with Crippen molar-refractivity contribution >= 4 is 12.4 Å². The molecule has 6 nitrogen and oxygen atoms in total. The second-order valence-corrected chi connectivity index (χ2v) is 5.03. The molecule has 0 saturated heterocycles. The fourth-order valence-corrected chi connectivity index (χ4v) is 1.99. The van der Waals surface area contributed by atoms with E-state index < -0.39 is 0 Å². The van der Waals surface area contributed by atoms with Crippen LogP contribution in [0.4, 0.5) is 4.39 Å². The molecule has 0 fully saturated rings. The average molecular weight is 338 g/mol. The first-order chi connectivity index (χ1) is 10.7. The summed E-state index contributed by atoms with van der Waals surface area (Å²) >= 11 is 0. The van der Waals surface area contributed by atoms with Crippen molar-refractivity contribution in [2.75, 3.05) is 7.05 Å². The third kappa shape index (κ3) is 3.94. The first-order valence-electron chi connectivity index (χ1n) is 6.97. The van der Waals surface area contributed by atoms with Crippen molar-refractivity contribution in [2.45, 2.75) is 19.4 Å². The molecule has 1 N–H and O–H groups in total. The van der Waals surface area contributed by atoms with Gasteiger partial charge in [0.15, 0.2) is 11.5 Å². The molecule has 8 heteroatoms. The molecule has 0 spiro atoms. The van der Waals surface area contributed by atoms with E-state index in [0.29, 0.717) is 23.8 Å². The number of hydrogen-bond acceptors (Lipinski definition) is 5. The molecule has 3 rings (SSSR count). The molecule has 0 saturated carbocycles. The molecule has 2 aromatic heterocycles. The van der Waals surface area contributed by atoms with Crippen molar-refractivity contribution < 1.29 is 8.91 Å².